The van der Waals surface area contributed by atoms with Crippen molar-refractivity contribution < 1.29 is 32.4 Å². The molecule has 3 aliphatic rings. The molecule has 0 spiro atoms. The number of hydrogen-bond acceptors (Lipinski definition) is 7. The molecule has 3 amide bonds. The Bertz CT molecular complexity index is 1710. The van der Waals surface area contributed by atoms with Gasteiger partial charge < -0.3 is 15.5 Å². The first kappa shape index (κ1) is 40.8. The van der Waals surface area contributed by atoms with E-state index in [-0.39, 0.29) is 59.4 Å². The number of carbonyl (C=O) groups excluding carboxylic acids is 5. The second kappa shape index (κ2) is 16.4. The Morgan fingerprint density at radius 2 is 1.62 bits per heavy atom. The van der Waals surface area contributed by atoms with Crippen LogP contribution in [0.15, 0.2) is 35.2 Å². The van der Waals surface area contributed by atoms with E-state index in [0.29, 0.717) is 32.2 Å². The van der Waals surface area contributed by atoms with Crippen LogP contribution in [0.3, 0.4) is 0 Å². The minimum absolute atomic E-state index is 0.00395. The number of likely N-dealkylation sites (tertiary alicyclic amines) is 1. The van der Waals surface area contributed by atoms with Gasteiger partial charge in [-0.1, -0.05) is 72.1 Å². The van der Waals surface area contributed by atoms with Crippen LogP contribution in [0.5, 0.6) is 0 Å². The van der Waals surface area contributed by atoms with Crippen molar-refractivity contribution in [2.24, 2.45) is 28.6 Å². The molecule has 1 heterocycles. The lowest BCUT2D eigenvalue weighted by atomic mass is 9.82. The van der Waals surface area contributed by atoms with Crippen LogP contribution >= 0.6 is 0 Å². The summed E-state index contributed by atoms with van der Waals surface area (Å²) in [6.07, 6.45) is 15.1. The number of sulfone groups is 1. The molecular formula is C41H55N3O7S. The van der Waals surface area contributed by atoms with Crippen LogP contribution in [0, 0.1) is 53.3 Å². The molecule has 2 N–H and O–H groups in total. The summed E-state index contributed by atoms with van der Waals surface area (Å²) in [4.78, 5) is 70.3. The van der Waals surface area contributed by atoms with Gasteiger partial charge in [0.25, 0.3) is 0 Å². The van der Waals surface area contributed by atoms with E-state index in [1.54, 1.807) is 35.2 Å². The smallest absolute Gasteiger partial charge is 0.315 e. The van der Waals surface area contributed by atoms with E-state index in [9.17, 15) is 32.4 Å². The standard InChI is InChI=1S/C41H55N3O7S/c1-8-10-14-22-31(45)35(47)28(19-11-9-2)25-32(46)34-33-30(40(33,6)7)26-44(34)37(48)36(39(3,4)5)42-38(49)43-41(23-17-13-18-24-41)27-52(50,51)29-20-15-12-16-21-29/h1-2,12,15-16,20-21,28,30,33-34,36H,10-11,13-14,17-19,22-27H2,3-7H3,(H2,42,43,49)/t28?,30-,33-,34+,36+/m0/s1. The summed E-state index contributed by atoms with van der Waals surface area (Å²) < 4.78 is 27.0. The van der Waals surface area contributed by atoms with Crippen LogP contribution in [0.25, 0.3) is 0 Å². The number of fused-ring (bicyclic) bond motifs is 1. The van der Waals surface area contributed by atoms with Crippen molar-refractivity contribution in [1.29, 1.82) is 0 Å². The maximum absolute atomic E-state index is 14.5. The number of nitrogens with zero attached hydrogens (tertiary/aromatic N) is 1. The number of Topliss-reactive ketones (excluding diaryl/α,β-unsaturated/α-hetero) is 3. The van der Waals surface area contributed by atoms with Gasteiger partial charge in [-0.05, 0) is 60.5 Å². The van der Waals surface area contributed by atoms with Crippen LogP contribution in [-0.2, 0) is 29.0 Å². The zero-order chi connectivity index (χ0) is 38.5. The molecule has 52 heavy (non-hydrogen) atoms. The second-order valence-corrected chi connectivity index (χ2v) is 18.6. The summed E-state index contributed by atoms with van der Waals surface area (Å²) in [7, 11) is -3.73. The molecule has 1 aliphatic heterocycles. The molecule has 1 aromatic rings. The van der Waals surface area contributed by atoms with E-state index in [0.717, 1.165) is 19.3 Å². The quantitative estimate of drug-likeness (QED) is 0.133. The van der Waals surface area contributed by atoms with E-state index in [1.807, 2.05) is 20.8 Å². The van der Waals surface area contributed by atoms with Gasteiger partial charge in [0, 0.05) is 38.1 Å². The predicted octanol–water partition coefficient (Wildman–Crippen LogP) is 5.29. The lowest BCUT2D eigenvalue weighted by Gasteiger charge is -2.40. The first-order valence-corrected chi connectivity index (χ1v) is 20.2. The van der Waals surface area contributed by atoms with Gasteiger partial charge in [0.2, 0.25) is 11.7 Å². The Kier molecular flexibility index (Phi) is 12.8. The number of rotatable bonds is 16. The minimum atomic E-state index is -3.73. The van der Waals surface area contributed by atoms with Gasteiger partial charge in [0.15, 0.2) is 21.4 Å². The number of unbranched alkanes of at least 4 members (excludes halogenated alkanes) is 1. The Balaban J connectivity index is 1.55. The van der Waals surface area contributed by atoms with Gasteiger partial charge >= 0.3 is 6.03 Å². The van der Waals surface area contributed by atoms with Gasteiger partial charge in [-0.3, -0.25) is 19.2 Å². The summed E-state index contributed by atoms with van der Waals surface area (Å²) in [5.41, 5.74) is -2.01. The van der Waals surface area contributed by atoms with Crippen LogP contribution in [0.4, 0.5) is 4.79 Å². The molecule has 11 heteroatoms. The topological polar surface area (TPSA) is 147 Å². The molecule has 1 unspecified atom stereocenters. The van der Waals surface area contributed by atoms with Crippen molar-refractivity contribution in [3.8, 4) is 24.7 Å². The lowest BCUT2D eigenvalue weighted by Crippen LogP contribution is -2.63. The maximum Gasteiger partial charge on any atom is 0.315 e. The number of nitrogens with one attached hydrogen (secondary N) is 2. The molecule has 282 valence electrons. The van der Waals surface area contributed by atoms with Crippen molar-refractivity contribution in [3.63, 3.8) is 0 Å². The normalized spacial score (nSPS) is 22.8. The molecule has 5 atom stereocenters. The zero-order valence-electron chi connectivity index (χ0n) is 31.3. The third-order valence-electron chi connectivity index (χ3n) is 11.4. The summed E-state index contributed by atoms with van der Waals surface area (Å²) in [5.74, 6) is 1.77. The summed E-state index contributed by atoms with van der Waals surface area (Å²) in [6, 6.07) is 5.65. The second-order valence-electron chi connectivity index (χ2n) is 16.7. The summed E-state index contributed by atoms with van der Waals surface area (Å²) >= 11 is 0. The van der Waals surface area contributed by atoms with Gasteiger partial charge in [-0.25, -0.2) is 13.2 Å². The molecule has 4 rings (SSSR count). The number of piperidine rings is 1. The molecular weight excluding hydrogens is 679 g/mol. The minimum Gasteiger partial charge on any atom is -0.332 e. The highest BCUT2D eigenvalue weighted by atomic mass is 32.2. The number of ketones is 3. The molecule has 0 aromatic heterocycles. The van der Waals surface area contributed by atoms with Crippen molar-refractivity contribution in [2.75, 3.05) is 12.3 Å². The zero-order valence-corrected chi connectivity index (χ0v) is 32.2. The lowest BCUT2D eigenvalue weighted by molar-refractivity contribution is -0.144. The summed E-state index contributed by atoms with van der Waals surface area (Å²) in [5, 5.41) is 5.88. The van der Waals surface area contributed by atoms with E-state index >= 15 is 0 Å². The van der Waals surface area contributed by atoms with Gasteiger partial charge in [-0.15, -0.1) is 24.7 Å². The van der Waals surface area contributed by atoms with Gasteiger partial charge in [-0.2, -0.15) is 0 Å². The fourth-order valence-corrected chi connectivity index (χ4v) is 10.2. The van der Waals surface area contributed by atoms with Crippen molar-refractivity contribution in [3.05, 3.63) is 30.3 Å². The fourth-order valence-electron chi connectivity index (χ4n) is 8.36. The first-order valence-electron chi connectivity index (χ1n) is 18.5. The number of benzene rings is 1. The largest absolute Gasteiger partial charge is 0.332 e. The molecule has 1 saturated heterocycles. The molecule has 10 nitrogen and oxygen atoms in total. The number of urea groups is 1. The van der Waals surface area contributed by atoms with E-state index < -0.39 is 62.3 Å². The fraction of sp³-hybridized carbons (Fsp3) is 0.634. The van der Waals surface area contributed by atoms with E-state index in [4.69, 9.17) is 12.8 Å². The average Bonchev–Trinajstić information content (AvgIpc) is 3.38. The Morgan fingerprint density at radius 3 is 2.21 bits per heavy atom. The molecule has 2 saturated carbocycles. The monoisotopic (exact) mass is 733 g/mol. The highest BCUT2D eigenvalue weighted by molar-refractivity contribution is 7.91. The van der Waals surface area contributed by atoms with Gasteiger partial charge in [0.1, 0.15) is 6.04 Å². The Hall–Kier alpha value is -3.96. The Labute approximate surface area is 309 Å². The van der Waals surface area contributed by atoms with Crippen molar-refractivity contribution in [2.45, 2.75) is 128 Å². The number of amides is 3. The predicted molar refractivity (Wildman–Crippen MR) is 199 cm³/mol. The molecule has 1 aromatic carbocycles. The highest BCUT2D eigenvalue weighted by Crippen LogP contribution is 2.65. The van der Waals surface area contributed by atoms with Crippen LogP contribution in [0.1, 0.15) is 105 Å². The average molecular weight is 734 g/mol. The number of terminal acetylenes is 2. The molecule has 0 radical (unpaired) electrons. The third kappa shape index (κ3) is 9.33. The first-order chi connectivity index (χ1) is 24.4. The van der Waals surface area contributed by atoms with Crippen LogP contribution in [0.2, 0.25) is 0 Å². The van der Waals surface area contributed by atoms with E-state index in [1.165, 1.54) is 0 Å². The highest BCUT2D eigenvalue weighted by Gasteiger charge is 2.69. The van der Waals surface area contributed by atoms with Gasteiger partial charge in [0.05, 0.1) is 22.2 Å². The maximum atomic E-state index is 14.5. The van der Waals surface area contributed by atoms with Crippen molar-refractivity contribution in [1.82, 2.24) is 15.5 Å². The molecule has 2 aliphatic carbocycles. The Morgan fingerprint density at radius 1 is 0.981 bits per heavy atom. The third-order valence-corrected chi connectivity index (χ3v) is 13.3. The van der Waals surface area contributed by atoms with E-state index in [2.05, 4.69) is 36.3 Å². The van der Waals surface area contributed by atoms with Crippen LogP contribution in [-0.4, -0.2) is 72.5 Å². The number of hydrogen-bond donors (Lipinski definition) is 2. The molecule has 3 fully saturated rings. The molecule has 0 bridgehead atoms. The number of carbonyl (C=O) groups is 5. The SMILES string of the molecule is C#CCCCC(=O)C(=O)C(CCC#C)CC(=O)[C@@H]1[C@@H]2[C@H](CN1C(=O)[C@@H](NC(=O)NC1(CS(=O)(=O)c3ccccc3)CCCCC1)C(C)(C)C)C2(C)C. The van der Waals surface area contributed by atoms with Crippen molar-refractivity contribution >= 4 is 39.1 Å². The van der Waals surface area contributed by atoms with Crippen LogP contribution < -0.4 is 10.6 Å². The summed E-state index contributed by atoms with van der Waals surface area (Å²) in [6.45, 7) is 9.90.